The molecular formula is C25H46O4. The molecule has 4 heteroatoms. The third kappa shape index (κ3) is 10.5. The Bertz CT molecular complexity index is 448. The number of hydrogen-bond donors (Lipinski definition) is 2. The largest absolute Gasteiger partial charge is 0.481 e. The first-order valence-electron chi connectivity index (χ1n) is 12.4. The van der Waals surface area contributed by atoms with Gasteiger partial charge in [0.1, 0.15) is 0 Å². The summed E-state index contributed by atoms with van der Waals surface area (Å²) in [5.41, 5.74) is 0. The van der Waals surface area contributed by atoms with Crippen LogP contribution in [0.5, 0.6) is 0 Å². The number of hydrogen-bond acceptors (Lipinski definition) is 2. The molecule has 0 aromatic carbocycles. The highest BCUT2D eigenvalue weighted by Crippen LogP contribution is 2.41. The molecule has 0 aromatic heterocycles. The van der Waals surface area contributed by atoms with Gasteiger partial charge in [-0.15, -0.1) is 0 Å². The van der Waals surface area contributed by atoms with Crippen LogP contribution >= 0.6 is 0 Å². The first-order valence-corrected chi connectivity index (χ1v) is 12.4. The fraction of sp³-hybridized carbons (Fsp3) is 0.920. The van der Waals surface area contributed by atoms with Crippen LogP contribution in [-0.2, 0) is 9.59 Å². The molecular weight excluding hydrogens is 364 g/mol. The summed E-state index contributed by atoms with van der Waals surface area (Å²) in [6.07, 6.45) is 21.2. The second kappa shape index (κ2) is 15.7. The molecule has 1 aliphatic carbocycles. The highest BCUT2D eigenvalue weighted by Gasteiger charge is 2.41. The monoisotopic (exact) mass is 410 g/mol. The molecule has 0 saturated heterocycles. The minimum Gasteiger partial charge on any atom is -0.481 e. The SMILES string of the molecule is CCCCCCCCCCCCCCC1CCCCC1C(C(=O)O)C(C)C(=O)O. The van der Waals surface area contributed by atoms with Crippen LogP contribution in [0.3, 0.4) is 0 Å². The highest BCUT2D eigenvalue weighted by atomic mass is 16.4. The van der Waals surface area contributed by atoms with Gasteiger partial charge in [0.05, 0.1) is 11.8 Å². The number of carbonyl (C=O) groups is 2. The lowest BCUT2D eigenvalue weighted by Gasteiger charge is -2.37. The van der Waals surface area contributed by atoms with Gasteiger partial charge in [0.2, 0.25) is 0 Å². The van der Waals surface area contributed by atoms with Crippen LogP contribution in [-0.4, -0.2) is 22.2 Å². The summed E-state index contributed by atoms with van der Waals surface area (Å²) in [7, 11) is 0. The van der Waals surface area contributed by atoms with E-state index in [2.05, 4.69) is 6.92 Å². The zero-order valence-corrected chi connectivity index (χ0v) is 19.0. The van der Waals surface area contributed by atoms with Gasteiger partial charge in [-0.3, -0.25) is 9.59 Å². The van der Waals surface area contributed by atoms with E-state index in [-0.39, 0.29) is 5.92 Å². The molecule has 0 spiro atoms. The lowest BCUT2D eigenvalue weighted by molar-refractivity contribution is -0.157. The normalized spacial score (nSPS) is 21.6. The van der Waals surface area contributed by atoms with Crippen molar-refractivity contribution in [2.24, 2.45) is 23.7 Å². The average Bonchev–Trinajstić information content (AvgIpc) is 2.69. The van der Waals surface area contributed by atoms with Crippen LogP contribution in [0.25, 0.3) is 0 Å². The van der Waals surface area contributed by atoms with Crippen molar-refractivity contribution >= 4 is 11.9 Å². The van der Waals surface area contributed by atoms with Gasteiger partial charge < -0.3 is 10.2 Å². The summed E-state index contributed by atoms with van der Waals surface area (Å²) in [4.78, 5) is 23.2. The minimum absolute atomic E-state index is 0.0278. The maximum atomic E-state index is 11.8. The lowest BCUT2D eigenvalue weighted by atomic mass is 9.67. The summed E-state index contributed by atoms with van der Waals surface area (Å²) in [6.45, 7) is 3.83. The molecule has 0 heterocycles. The van der Waals surface area contributed by atoms with Gasteiger partial charge in [-0.25, -0.2) is 0 Å². The van der Waals surface area contributed by atoms with E-state index < -0.39 is 23.8 Å². The molecule has 29 heavy (non-hydrogen) atoms. The van der Waals surface area contributed by atoms with Gasteiger partial charge in [-0.1, -0.05) is 117 Å². The smallest absolute Gasteiger partial charge is 0.307 e. The molecule has 0 amide bonds. The lowest BCUT2D eigenvalue weighted by Crippen LogP contribution is -2.38. The summed E-state index contributed by atoms with van der Waals surface area (Å²) in [6, 6.07) is 0. The van der Waals surface area contributed by atoms with Gasteiger partial charge in [0.15, 0.2) is 0 Å². The van der Waals surface area contributed by atoms with Crippen molar-refractivity contribution in [3.8, 4) is 0 Å². The third-order valence-electron chi connectivity index (χ3n) is 7.07. The highest BCUT2D eigenvalue weighted by molar-refractivity contribution is 5.80. The van der Waals surface area contributed by atoms with Crippen LogP contribution in [0.2, 0.25) is 0 Å². The van der Waals surface area contributed by atoms with Crippen molar-refractivity contribution in [1.29, 1.82) is 0 Å². The Kier molecular flexibility index (Phi) is 14.1. The number of rotatable bonds is 17. The molecule has 2 N–H and O–H groups in total. The molecule has 1 saturated carbocycles. The Labute approximate surface area is 178 Å². The van der Waals surface area contributed by atoms with Crippen molar-refractivity contribution in [2.45, 2.75) is 123 Å². The van der Waals surface area contributed by atoms with E-state index >= 15 is 0 Å². The number of carboxylic acids is 2. The van der Waals surface area contributed by atoms with Crippen LogP contribution in [0.15, 0.2) is 0 Å². The quantitative estimate of drug-likeness (QED) is 0.247. The van der Waals surface area contributed by atoms with E-state index in [1.54, 1.807) is 6.92 Å². The second-order valence-corrected chi connectivity index (χ2v) is 9.38. The van der Waals surface area contributed by atoms with E-state index in [1.807, 2.05) is 0 Å². The predicted molar refractivity (Wildman–Crippen MR) is 119 cm³/mol. The molecule has 0 bridgehead atoms. The predicted octanol–water partition coefficient (Wildman–Crippen LogP) is 7.31. The Morgan fingerprint density at radius 1 is 0.759 bits per heavy atom. The second-order valence-electron chi connectivity index (χ2n) is 9.38. The molecule has 4 unspecified atom stereocenters. The van der Waals surface area contributed by atoms with Crippen molar-refractivity contribution in [2.75, 3.05) is 0 Å². The molecule has 4 nitrogen and oxygen atoms in total. The Morgan fingerprint density at radius 3 is 1.72 bits per heavy atom. The Balaban J connectivity index is 2.23. The maximum Gasteiger partial charge on any atom is 0.307 e. The van der Waals surface area contributed by atoms with Gasteiger partial charge in [0, 0.05) is 0 Å². The molecule has 0 aromatic rings. The first-order chi connectivity index (χ1) is 14.0. The molecule has 0 aliphatic heterocycles. The first kappa shape index (κ1) is 26.0. The molecule has 4 atom stereocenters. The van der Waals surface area contributed by atoms with Gasteiger partial charge >= 0.3 is 11.9 Å². The van der Waals surface area contributed by atoms with Crippen molar-refractivity contribution in [1.82, 2.24) is 0 Å². The van der Waals surface area contributed by atoms with Crippen LogP contribution in [0, 0.1) is 23.7 Å². The molecule has 1 rings (SSSR count). The van der Waals surface area contributed by atoms with Gasteiger partial charge in [0.25, 0.3) is 0 Å². The van der Waals surface area contributed by atoms with Crippen molar-refractivity contribution in [3.63, 3.8) is 0 Å². The topological polar surface area (TPSA) is 74.6 Å². The summed E-state index contributed by atoms with van der Waals surface area (Å²) in [5.74, 6) is -3.04. The Morgan fingerprint density at radius 2 is 1.24 bits per heavy atom. The zero-order chi connectivity index (χ0) is 21.5. The zero-order valence-electron chi connectivity index (χ0n) is 19.0. The van der Waals surface area contributed by atoms with Crippen LogP contribution in [0.1, 0.15) is 123 Å². The van der Waals surface area contributed by atoms with Crippen LogP contribution in [0.4, 0.5) is 0 Å². The van der Waals surface area contributed by atoms with E-state index in [0.717, 1.165) is 38.5 Å². The molecule has 170 valence electrons. The van der Waals surface area contributed by atoms with E-state index in [0.29, 0.717) is 5.92 Å². The average molecular weight is 411 g/mol. The number of aliphatic carboxylic acids is 2. The van der Waals surface area contributed by atoms with Crippen molar-refractivity contribution < 1.29 is 19.8 Å². The van der Waals surface area contributed by atoms with Gasteiger partial charge in [-0.2, -0.15) is 0 Å². The Hall–Kier alpha value is -1.06. The summed E-state index contributed by atoms with van der Waals surface area (Å²) in [5, 5.41) is 19.0. The number of carboxylic acid groups (broad SMARTS) is 2. The molecule has 1 fully saturated rings. The number of unbranched alkanes of at least 4 members (excludes halogenated alkanes) is 11. The van der Waals surface area contributed by atoms with E-state index in [1.165, 1.54) is 70.6 Å². The van der Waals surface area contributed by atoms with E-state index in [4.69, 9.17) is 0 Å². The van der Waals surface area contributed by atoms with Crippen molar-refractivity contribution in [3.05, 3.63) is 0 Å². The summed E-state index contributed by atoms with van der Waals surface area (Å²) < 4.78 is 0. The fourth-order valence-electron chi connectivity index (χ4n) is 5.24. The van der Waals surface area contributed by atoms with Crippen LogP contribution < -0.4 is 0 Å². The standard InChI is InChI=1S/C25H46O4/c1-3-4-5-6-7-8-9-10-11-12-13-14-17-21-18-15-16-19-22(21)23(25(28)29)20(2)24(26)27/h20-23H,3-19H2,1-2H3,(H,26,27)(H,28,29). The summed E-state index contributed by atoms with van der Waals surface area (Å²) >= 11 is 0. The minimum atomic E-state index is -0.980. The van der Waals surface area contributed by atoms with E-state index in [9.17, 15) is 19.8 Å². The molecule has 1 aliphatic rings. The maximum absolute atomic E-state index is 11.8. The molecule has 0 radical (unpaired) electrons. The van der Waals surface area contributed by atoms with Gasteiger partial charge in [-0.05, 0) is 18.3 Å². The fourth-order valence-corrected chi connectivity index (χ4v) is 5.24. The third-order valence-corrected chi connectivity index (χ3v) is 7.07.